The van der Waals surface area contributed by atoms with Crippen LogP contribution >= 0.6 is 23.1 Å². The summed E-state index contributed by atoms with van der Waals surface area (Å²) in [7, 11) is 1.54. The summed E-state index contributed by atoms with van der Waals surface area (Å²) in [6, 6.07) is 16.2. The van der Waals surface area contributed by atoms with E-state index >= 15 is 0 Å². The number of aryl methyl sites for hydroxylation is 1. The van der Waals surface area contributed by atoms with Gasteiger partial charge in [0.15, 0.2) is 0 Å². The number of carbonyl (C=O) groups excluding carboxylic acids is 1. The van der Waals surface area contributed by atoms with Gasteiger partial charge in [-0.3, -0.25) is 9.59 Å². The van der Waals surface area contributed by atoms with Crippen LogP contribution in [0.2, 0.25) is 0 Å². The third-order valence-corrected chi connectivity index (χ3v) is 6.74. The molecule has 0 atom stereocenters. The van der Waals surface area contributed by atoms with Crippen LogP contribution in [-0.4, -0.2) is 27.6 Å². The summed E-state index contributed by atoms with van der Waals surface area (Å²) in [6.07, 6.45) is 1.80. The van der Waals surface area contributed by atoms with E-state index in [1.54, 1.807) is 18.2 Å². The Morgan fingerprint density at radius 2 is 1.97 bits per heavy atom. The molecule has 0 fully saturated rings. The molecular weight excluding hydrogens is 444 g/mol. The Labute approximate surface area is 193 Å². The second-order valence-corrected chi connectivity index (χ2v) is 9.02. The maximum Gasteiger partial charge on any atom is 0.275 e. The first-order chi connectivity index (χ1) is 15.6. The van der Waals surface area contributed by atoms with Gasteiger partial charge in [0.05, 0.1) is 24.1 Å². The van der Waals surface area contributed by atoms with E-state index in [0.717, 1.165) is 22.7 Å². The lowest BCUT2D eigenvalue weighted by Crippen LogP contribution is -2.15. The minimum atomic E-state index is -0.249. The van der Waals surface area contributed by atoms with Gasteiger partial charge >= 0.3 is 0 Å². The van der Waals surface area contributed by atoms with Crippen LogP contribution in [-0.2, 0) is 12.2 Å². The van der Waals surface area contributed by atoms with E-state index in [1.807, 2.05) is 30.3 Å². The normalized spacial score (nSPS) is 10.9. The number of benzene rings is 2. The zero-order valence-electron chi connectivity index (χ0n) is 17.7. The molecule has 4 rings (SSSR count). The van der Waals surface area contributed by atoms with Gasteiger partial charge in [-0.2, -0.15) is 9.61 Å². The number of hydrogen-bond acceptors (Lipinski definition) is 7. The van der Waals surface area contributed by atoms with Crippen LogP contribution in [0.15, 0.2) is 64.3 Å². The van der Waals surface area contributed by atoms with E-state index in [0.29, 0.717) is 33.4 Å². The molecule has 4 aromatic rings. The Kier molecular flexibility index (Phi) is 6.87. The third kappa shape index (κ3) is 4.84. The molecule has 32 heavy (non-hydrogen) atoms. The molecule has 7 nitrogen and oxygen atoms in total. The van der Waals surface area contributed by atoms with Crippen LogP contribution in [0.5, 0.6) is 5.75 Å². The van der Waals surface area contributed by atoms with Crippen molar-refractivity contribution in [2.45, 2.75) is 30.4 Å². The molecule has 0 aliphatic carbocycles. The minimum absolute atomic E-state index is 0.179. The van der Waals surface area contributed by atoms with Gasteiger partial charge in [0.1, 0.15) is 10.8 Å². The Morgan fingerprint density at radius 3 is 2.78 bits per heavy atom. The number of aromatic nitrogens is 3. The number of rotatable bonds is 8. The second-order valence-electron chi connectivity index (χ2n) is 6.97. The maximum atomic E-state index is 12.8. The molecule has 164 valence electrons. The molecule has 0 saturated carbocycles. The summed E-state index contributed by atoms with van der Waals surface area (Å²) in [5.74, 6) is 0.760. The van der Waals surface area contributed by atoms with Crippen molar-refractivity contribution in [2.75, 3.05) is 12.4 Å². The van der Waals surface area contributed by atoms with E-state index in [9.17, 15) is 9.59 Å². The number of thioether (sulfide) groups is 1. The minimum Gasteiger partial charge on any atom is -0.496 e. The summed E-state index contributed by atoms with van der Waals surface area (Å²) >= 11 is 2.96. The maximum absolute atomic E-state index is 12.8. The van der Waals surface area contributed by atoms with E-state index in [-0.39, 0.29) is 11.5 Å². The molecule has 0 bridgehead atoms. The van der Waals surface area contributed by atoms with Gasteiger partial charge in [-0.25, -0.2) is 4.98 Å². The van der Waals surface area contributed by atoms with Crippen molar-refractivity contribution >= 4 is 39.7 Å². The largest absolute Gasteiger partial charge is 0.496 e. The summed E-state index contributed by atoms with van der Waals surface area (Å²) in [5, 5.41) is 8.22. The number of carbonyl (C=O) groups is 1. The lowest BCUT2D eigenvalue weighted by Gasteiger charge is -2.12. The number of para-hydroxylation sites is 2. The van der Waals surface area contributed by atoms with E-state index < -0.39 is 0 Å². The number of nitrogens with zero attached hydrogens (tertiary/aromatic N) is 3. The van der Waals surface area contributed by atoms with E-state index in [1.165, 1.54) is 40.8 Å². The van der Waals surface area contributed by atoms with Crippen LogP contribution in [0.25, 0.3) is 4.96 Å². The van der Waals surface area contributed by atoms with Crippen LogP contribution in [0.3, 0.4) is 0 Å². The standard InChI is InChI=1S/C23H22N4O3S2/c1-3-8-20-26-27-21(28)13-15(24-23(27)32-20)14-31-19-12-7-5-10-17(19)25-22(29)16-9-4-6-11-18(16)30-2/h4-7,9-13H,3,8,14H2,1-2H3,(H,25,29). The SMILES string of the molecule is CCCc1nn2c(=O)cc(CSc3ccccc3NC(=O)c3ccccc3OC)nc2s1. The van der Waals surface area contributed by atoms with Gasteiger partial charge in [0.25, 0.3) is 11.5 Å². The Hall–Kier alpha value is -3.17. The number of anilines is 1. The predicted molar refractivity (Wildman–Crippen MR) is 128 cm³/mol. The molecule has 0 spiro atoms. The highest BCUT2D eigenvalue weighted by Crippen LogP contribution is 2.30. The summed E-state index contributed by atoms with van der Waals surface area (Å²) in [4.78, 5) is 31.3. The number of hydrogen-bond donors (Lipinski definition) is 1. The number of methoxy groups -OCH3 is 1. The number of ether oxygens (including phenoxy) is 1. The van der Waals surface area contributed by atoms with E-state index in [4.69, 9.17) is 4.74 Å². The summed E-state index contributed by atoms with van der Waals surface area (Å²) in [6.45, 7) is 2.08. The van der Waals surface area contributed by atoms with Crippen molar-refractivity contribution < 1.29 is 9.53 Å². The Balaban J connectivity index is 1.52. The fourth-order valence-corrected chi connectivity index (χ4v) is 5.07. The second kappa shape index (κ2) is 9.97. The predicted octanol–water partition coefficient (Wildman–Crippen LogP) is 4.66. The van der Waals surface area contributed by atoms with Crippen molar-refractivity contribution in [2.24, 2.45) is 0 Å². The first-order valence-corrected chi connectivity index (χ1v) is 11.9. The molecule has 9 heteroatoms. The molecule has 0 radical (unpaired) electrons. The zero-order valence-corrected chi connectivity index (χ0v) is 19.3. The zero-order chi connectivity index (χ0) is 22.5. The molecule has 0 aliphatic rings. The lowest BCUT2D eigenvalue weighted by molar-refractivity contribution is 0.102. The van der Waals surface area contributed by atoms with Gasteiger partial charge < -0.3 is 10.1 Å². The van der Waals surface area contributed by atoms with Gasteiger partial charge in [-0.15, -0.1) is 11.8 Å². The Morgan fingerprint density at radius 1 is 1.19 bits per heavy atom. The Bertz CT molecular complexity index is 1320. The molecule has 1 amide bonds. The fraction of sp³-hybridized carbons (Fsp3) is 0.217. The third-order valence-electron chi connectivity index (χ3n) is 4.67. The first kappa shape index (κ1) is 22.0. The monoisotopic (exact) mass is 466 g/mol. The lowest BCUT2D eigenvalue weighted by atomic mass is 10.2. The highest BCUT2D eigenvalue weighted by atomic mass is 32.2. The number of nitrogens with one attached hydrogen (secondary N) is 1. The molecule has 2 heterocycles. The topological polar surface area (TPSA) is 85.6 Å². The molecule has 2 aromatic carbocycles. The van der Waals surface area contributed by atoms with Gasteiger partial charge in [-0.1, -0.05) is 42.5 Å². The van der Waals surface area contributed by atoms with Crippen molar-refractivity contribution in [3.05, 3.63) is 81.2 Å². The molecular formula is C23H22N4O3S2. The highest BCUT2D eigenvalue weighted by molar-refractivity contribution is 7.98. The molecule has 0 aliphatic heterocycles. The average Bonchev–Trinajstić information content (AvgIpc) is 3.22. The van der Waals surface area contributed by atoms with Gasteiger partial charge in [0, 0.05) is 23.1 Å². The molecule has 1 N–H and O–H groups in total. The van der Waals surface area contributed by atoms with Crippen molar-refractivity contribution in [3.8, 4) is 5.75 Å². The average molecular weight is 467 g/mol. The quantitative estimate of drug-likeness (QED) is 0.380. The van der Waals surface area contributed by atoms with Gasteiger partial charge in [-0.05, 0) is 30.7 Å². The highest BCUT2D eigenvalue weighted by Gasteiger charge is 2.14. The summed E-state index contributed by atoms with van der Waals surface area (Å²) in [5.41, 5.74) is 1.65. The van der Waals surface area contributed by atoms with E-state index in [2.05, 4.69) is 22.3 Å². The van der Waals surface area contributed by atoms with Crippen LogP contribution in [0, 0.1) is 0 Å². The molecule has 0 unspecified atom stereocenters. The van der Waals surface area contributed by atoms with Gasteiger partial charge in [0.2, 0.25) is 4.96 Å². The van der Waals surface area contributed by atoms with Crippen LogP contribution in [0.1, 0.15) is 34.4 Å². The smallest absolute Gasteiger partial charge is 0.275 e. The number of fused-ring (bicyclic) bond motifs is 1. The summed E-state index contributed by atoms with van der Waals surface area (Å²) < 4.78 is 6.66. The van der Waals surface area contributed by atoms with Crippen molar-refractivity contribution in [1.29, 1.82) is 0 Å². The fourth-order valence-electron chi connectivity index (χ4n) is 3.15. The van der Waals surface area contributed by atoms with Crippen molar-refractivity contribution in [3.63, 3.8) is 0 Å². The number of amides is 1. The molecule has 0 saturated heterocycles. The van der Waals surface area contributed by atoms with Crippen LogP contribution in [0.4, 0.5) is 5.69 Å². The van der Waals surface area contributed by atoms with Crippen molar-refractivity contribution in [1.82, 2.24) is 14.6 Å². The first-order valence-electron chi connectivity index (χ1n) is 10.1. The van der Waals surface area contributed by atoms with Crippen LogP contribution < -0.4 is 15.6 Å². The molecule has 2 aromatic heterocycles.